The van der Waals surface area contributed by atoms with E-state index in [0.717, 1.165) is 16.8 Å². The molecule has 3 aromatic rings. The maximum atomic E-state index is 14.0. The molecule has 0 bridgehead atoms. The fourth-order valence-electron chi connectivity index (χ4n) is 4.49. The second-order valence-electron chi connectivity index (χ2n) is 9.59. The smallest absolute Gasteiger partial charge is 0.436 e. The van der Waals surface area contributed by atoms with Crippen LogP contribution < -0.4 is 15.1 Å². The summed E-state index contributed by atoms with van der Waals surface area (Å²) in [6, 6.07) is 8.08. The fourth-order valence-corrected chi connectivity index (χ4v) is 4.49. The highest BCUT2D eigenvalue weighted by atomic mass is 19.4. The highest BCUT2D eigenvalue weighted by Crippen LogP contribution is 2.39. The van der Waals surface area contributed by atoms with E-state index in [1.807, 2.05) is 0 Å². The molecule has 214 valence electrons. The lowest BCUT2D eigenvalue weighted by molar-refractivity contribution is -0.142. The Morgan fingerprint density at radius 2 is 1.68 bits per heavy atom. The van der Waals surface area contributed by atoms with Crippen molar-refractivity contribution in [1.29, 1.82) is 0 Å². The van der Waals surface area contributed by atoms with Crippen molar-refractivity contribution in [3.8, 4) is 0 Å². The summed E-state index contributed by atoms with van der Waals surface area (Å²) in [6.45, 7) is 1.45. The van der Waals surface area contributed by atoms with E-state index in [2.05, 4.69) is 10.4 Å². The zero-order chi connectivity index (χ0) is 29.6. The molecule has 4 rings (SSSR count). The number of benzene rings is 2. The topological polar surface area (TPSA) is 90.7 Å². The summed E-state index contributed by atoms with van der Waals surface area (Å²) >= 11 is 0. The number of halogens is 6. The van der Waals surface area contributed by atoms with Crippen molar-refractivity contribution < 1.29 is 41.0 Å². The van der Waals surface area contributed by atoms with E-state index in [4.69, 9.17) is 5.11 Å². The largest absolute Gasteiger partial charge is 0.478 e. The lowest BCUT2D eigenvalue weighted by atomic mass is 10.0. The summed E-state index contributed by atoms with van der Waals surface area (Å²) < 4.78 is 83.5. The molecule has 1 atom stereocenters. The summed E-state index contributed by atoms with van der Waals surface area (Å²) in [5.74, 6) is -2.39. The number of hydrogen-bond donors (Lipinski definition) is 2. The Labute approximate surface area is 224 Å². The predicted molar refractivity (Wildman–Crippen MR) is 133 cm³/mol. The van der Waals surface area contributed by atoms with Gasteiger partial charge in [-0.2, -0.15) is 31.4 Å². The van der Waals surface area contributed by atoms with Crippen LogP contribution in [0.1, 0.15) is 56.1 Å². The maximum Gasteiger partial charge on any atom is 0.436 e. The molecule has 0 saturated carbocycles. The lowest BCUT2D eigenvalue weighted by Gasteiger charge is -2.23. The number of carboxylic acids is 1. The number of carbonyl (C=O) groups is 2. The summed E-state index contributed by atoms with van der Waals surface area (Å²) in [6.07, 6.45) is -9.61. The second-order valence-corrected chi connectivity index (χ2v) is 9.59. The van der Waals surface area contributed by atoms with Gasteiger partial charge in [0.25, 0.3) is 5.91 Å². The Hall–Kier alpha value is -4.23. The van der Waals surface area contributed by atoms with Crippen molar-refractivity contribution in [2.75, 3.05) is 30.4 Å². The first-order valence-corrected chi connectivity index (χ1v) is 12.0. The van der Waals surface area contributed by atoms with Gasteiger partial charge in [0.15, 0.2) is 5.69 Å². The second kappa shape index (κ2) is 10.4. The van der Waals surface area contributed by atoms with Crippen molar-refractivity contribution in [3.63, 3.8) is 0 Å². The van der Waals surface area contributed by atoms with Gasteiger partial charge in [0, 0.05) is 32.9 Å². The average molecular weight is 570 g/mol. The number of alkyl halides is 6. The van der Waals surface area contributed by atoms with Crippen molar-refractivity contribution in [2.24, 2.45) is 0 Å². The van der Waals surface area contributed by atoms with Gasteiger partial charge in [0.1, 0.15) is 11.4 Å². The molecule has 0 spiro atoms. The first-order valence-electron chi connectivity index (χ1n) is 12.0. The summed E-state index contributed by atoms with van der Waals surface area (Å²) in [5.41, 5.74) is -2.14. The van der Waals surface area contributed by atoms with Crippen molar-refractivity contribution in [3.05, 3.63) is 76.0 Å². The molecule has 1 aliphatic rings. The number of fused-ring (bicyclic) bond motifs is 1. The molecule has 0 saturated heterocycles. The zero-order valence-electron chi connectivity index (χ0n) is 21.6. The van der Waals surface area contributed by atoms with Crippen LogP contribution in [0.4, 0.5) is 37.8 Å². The number of amides is 1. The third kappa shape index (κ3) is 5.84. The molecule has 1 unspecified atom stereocenters. The van der Waals surface area contributed by atoms with Crippen LogP contribution in [0, 0.1) is 0 Å². The minimum Gasteiger partial charge on any atom is -0.478 e. The van der Waals surface area contributed by atoms with E-state index in [1.165, 1.54) is 47.1 Å². The van der Waals surface area contributed by atoms with E-state index < -0.39 is 47.1 Å². The maximum absolute atomic E-state index is 14.0. The third-order valence-electron chi connectivity index (χ3n) is 6.50. The number of aromatic nitrogens is 2. The lowest BCUT2D eigenvalue weighted by Crippen LogP contribution is -2.31. The van der Waals surface area contributed by atoms with Gasteiger partial charge in [0.2, 0.25) is 0 Å². The Kier molecular flexibility index (Phi) is 7.47. The molecule has 0 fully saturated rings. The number of nitrogens with zero attached hydrogens (tertiary/aromatic N) is 4. The van der Waals surface area contributed by atoms with Gasteiger partial charge in [-0.05, 0) is 48.4 Å². The first kappa shape index (κ1) is 28.8. The van der Waals surface area contributed by atoms with E-state index in [-0.39, 0.29) is 42.3 Å². The fraction of sp³-hybridized carbons (Fsp3) is 0.346. The van der Waals surface area contributed by atoms with Gasteiger partial charge in [-0.1, -0.05) is 12.1 Å². The number of anilines is 2. The Morgan fingerprint density at radius 3 is 2.23 bits per heavy atom. The summed E-state index contributed by atoms with van der Waals surface area (Å²) in [4.78, 5) is 27.3. The number of carboxylic acid groups (broad SMARTS) is 1. The molecule has 1 aromatic heterocycles. The van der Waals surface area contributed by atoms with Gasteiger partial charge in [-0.25, -0.2) is 9.48 Å². The van der Waals surface area contributed by atoms with Gasteiger partial charge in [-0.3, -0.25) is 4.79 Å². The standard InChI is InChI=1S/C26H25F6N5O3/c1-14(16-4-6-17(7-5-16)24(39)40)33-22(38)20-21(26(30,31)32)34-37-9-8-36(23(20)37)13-15-10-18(25(27,28)29)12-19(11-15)35(2)3/h4-7,10-12,14H,8-9,13H2,1-3H3,(H,33,38)(H,39,40). The van der Waals surface area contributed by atoms with Gasteiger partial charge >= 0.3 is 18.3 Å². The molecule has 40 heavy (non-hydrogen) atoms. The molecule has 2 heterocycles. The van der Waals surface area contributed by atoms with Gasteiger partial charge in [0.05, 0.1) is 23.7 Å². The van der Waals surface area contributed by atoms with E-state index in [1.54, 1.807) is 14.1 Å². The molecule has 1 amide bonds. The Balaban J connectivity index is 1.69. The van der Waals surface area contributed by atoms with Crippen LogP contribution >= 0.6 is 0 Å². The zero-order valence-corrected chi connectivity index (χ0v) is 21.6. The highest BCUT2D eigenvalue weighted by Gasteiger charge is 2.44. The van der Waals surface area contributed by atoms with Gasteiger partial charge < -0.3 is 20.2 Å². The number of hydrogen-bond acceptors (Lipinski definition) is 5. The molecule has 0 aliphatic carbocycles. The molecule has 1 aliphatic heterocycles. The predicted octanol–water partition coefficient (Wildman–Crippen LogP) is 5.20. The molecule has 0 radical (unpaired) electrons. The number of nitrogens with one attached hydrogen (secondary N) is 1. The molecule has 2 N–H and O–H groups in total. The number of carbonyl (C=O) groups excluding carboxylic acids is 1. The summed E-state index contributed by atoms with van der Waals surface area (Å²) in [5, 5.41) is 15.2. The van der Waals surface area contributed by atoms with Crippen LogP contribution in [0.3, 0.4) is 0 Å². The first-order chi connectivity index (χ1) is 18.6. The molecule has 8 nitrogen and oxygen atoms in total. The van der Waals surface area contributed by atoms with E-state index in [0.29, 0.717) is 5.56 Å². The van der Waals surface area contributed by atoms with E-state index in [9.17, 15) is 35.9 Å². The number of aromatic carboxylic acids is 1. The van der Waals surface area contributed by atoms with Crippen molar-refractivity contribution in [2.45, 2.75) is 38.4 Å². The highest BCUT2D eigenvalue weighted by molar-refractivity contribution is 6.01. The van der Waals surface area contributed by atoms with E-state index >= 15 is 0 Å². The molecule has 14 heteroatoms. The molecular weight excluding hydrogens is 544 g/mol. The third-order valence-corrected chi connectivity index (χ3v) is 6.50. The van der Waals surface area contributed by atoms with Crippen LogP contribution in [0.2, 0.25) is 0 Å². The normalized spacial score (nSPS) is 14.2. The summed E-state index contributed by atoms with van der Waals surface area (Å²) in [7, 11) is 3.14. The van der Waals surface area contributed by atoms with Crippen LogP contribution in [0.5, 0.6) is 0 Å². The monoisotopic (exact) mass is 569 g/mol. The van der Waals surface area contributed by atoms with Crippen LogP contribution in [0.15, 0.2) is 42.5 Å². The quantitative estimate of drug-likeness (QED) is 0.381. The number of rotatable bonds is 7. The Bertz CT molecular complexity index is 1430. The minimum atomic E-state index is -4.98. The molecule has 2 aromatic carbocycles. The minimum absolute atomic E-state index is 0.00116. The molecular formula is C26H25F6N5O3. The van der Waals surface area contributed by atoms with Crippen molar-refractivity contribution >= 4 is 23.4 Å². The SMILES string of the molecule is CC(NC(=O)c1c(C(F)(F)F)nn2c1N(Cc1cc(N(C)C)cc(C(F)(F)F)c1)CC2)c1ccc(C(=O)O)cc1. The average Bonchev–Trinajstić information content (AvgIpc) is 3.43. The van der Waals surface area contributed by atoms with Crippen LogP contribution in [-0.4, -0.2) is 47.4 Å². The van der Waals surface area contributed by atoms with Crippen molar-refractivity contribution in [1.82, 2.24) is 15.1 Å². The van der Waals surface area contributed by atoms with Gasteiger partial charge in [-0.15, -0.1) is 0 Å². The van der Waals surface area contributed by atoms with Crippen LogP contribution in [-0.2, 0) is 25.4 Å². The van der Waals surface area contributed by atoms with Crippen LogP contribution in [0.25, 0.3) is 0 Å². The Morgan fingerprint density at radius 1 is 1.02 bits per heavy atom.